The van der Waals surface area contributed by atoms with Gasteiger partial charge in [0.25, 0.3) is 0 Å². The highest BCUT2D eigenvalue weighted by atomic mass is 16.2. The first kappa shape index (κ1) is 19.2. The standard InChI is InChI=1S/C19H35N3O2/c1-3-10-21(11-4-2)18(23)16-20-14-8-17(9-15-20)19(24)22-12-6-5-7-13-22/h17H,3-16H2,1-2H3. The van der Waals surface area contributed by atoms with E-state index < -0.39 is 0 Å². The number of amides is 2. The number of likely N-dealkylation sites (tertiary alicyclic amines) is 2. The van der Waals surface area contributed by atoms with Gasteiger partial charge in [0.1, 0.15) is 0 Å². The highest BCUT2D eigenvalue weighted by molar-refractivity contribution is 5.79. The zero-order valence-electron chi connectivity index (χ0n) is 15.6. The topological polar surface area (TPSA) is 43.9 Å². The van der Waals surface area contributed by atoms with E-state index in [1.807, 2.05) is 4.90 Å². The van der Waals surface area contributed by atoms with E-state index in [0.29, 0.717) is 12.5 Å². The van der Waals surface area contributed by atoms with Crippen molar-refractivity contribution < 1.29 is 9.59 Å². The molecule has 2 amide bonds. The fourth-order valence-electron chi connectivity index (χ4n) is 3.90. The summed E-state index contributed by atoms with van der Waals surface area (Å²) in [5.41, 5.74) is 0. The van der Waals surface area contributed by atoms with Gasteiger partial charge in [-0.1, -0.05) is 13.8 Å². The van der Waals surface area contributed by atoms with Crippen LogP contribution in [0.15, 0.2) is 0 Å². The van der Waals surface area contributed by atoms with Crippen LogP contribution < -0.4 is 0 Å². The maximum absolute atomic E-state index is 12.6. The second-order valence-corrected chi connectivity index (χ2v) is 7.32. The van der Waals surface area contributed by atoms with Gasteiger partial charge in [0.15, 0.2) is 0 Å². The highest BCUT2D eigenvalue weighted by Crippen LogP contribution is 2.22. The van der Waals surface area contributed by atoms with Crippen LogP contribution in [0.2, 0.25) is 0 Å². The zero-order valence-corrected chi connectivity index (χ0v) is 15.6. The predicted molar refractivity (Wildman–Crippen MR) is 96.8 cm³/mol. The van der Waals surface area contributed by atoms with E-state index in [4.69, 9.17) is 0 Å². The van der Waals surface area contributed by atoms with E-state index in [2.05, 4.69) is 23.6 Å². The van der Waals surface area contributed by atoms with Crippen molar-refractivity contribution in [2.45, 2.75) is 58.8 Å². The first-order valence-corrected chi connectivity index (χ1v) is 9.94. The Balaban J connectivity index is 1.75. The number of piperidine rings is 2. The lowest BCUT2D eigenvalue weighted by Crippen LogP contribution is -2.47. The molecule has 0 spiro atoms. The number of hydrogen-bond donors (Lipinski definition) is 0. The third-order valence-corrected chi connectivity index (χ3v) is 5.30. The van der Waals surface area contributed by atoms with Crippen molar-refractivity contribution in [1.82, 2.24) is 14.7 Å². The third kappa shape index (κ3) is 5.47. The van der Waals surface area contributed by atoms with Crippen LogP contribution in [0.5, 0.6) is 0 Å². The van der Waals surface area contributed by atoms with Crippen molar-refractivity contribution in [1.29, 1.82) is 0 Å². The molecule has 0 aromatic rings. The van der Waals surface area contributed by atoms with Gasteiger partial charge in [0, 0.05) is 32.1 Å². The molecule has 138 valence electrons. The van der Waals surface area contributed by atoms with E-state index in [9.17, 15) is 9.59 Å². The largest absolute Gasteiger partial charge is 0.342 e. The van der Waals surface area contributed by atoms with Crippen molar-refractivity contribution in [3.63, 3.8) is 0 Å². The Labute approximate surface area is 147 Å². The highest BCUT2D eigenvalue weighted by Gasteiger charge is 2.30. The molecule has 2 saturated heterocycles. The third-order valence-electron chi connectivity index (χ3n) is 5.30. The molecule has 0 aliphatic carbocycles. The summed E-state index contributed by atoms with van der Waals surface area (Å²) >= 11 is 0. The summed E-state index contributed by atoms with van der Waals surface area (Å²) in [6, 6.07) is 0. The van der Waals surface area contributed by atoms with Crippen molar-refractivity contribution in [3.8, 4) is 0 Å². The lowest BCUT2D eigenvalue weighted by molar-refractivity contribution is -0.138. The average molecular weight is 338 g/mol. The molecule has 0 saturated carbocycles. The Hall–Kier alpha value is -1.10. The van der Waals surface area contributed by atoms with Crippen molar-refractivity contribution >= 4 is 11.8 Å². The van der Waals surface area contributed by atoms with Crippen molar-refractivity contribution in [2.75, 3.05) is 45.8 Å². The Morgan fingerprint density at radius 3 is 2.04 bits per heavy atom. The average Bonchev–Trinajstić information content (AvgIpc) is 2.62. The monoisotopic (exact) mass is 337 g/mol. The van der Waals surface area contributed by atoms with Gasteiger partial charge in [-0.05, 0) is 58.0 Å². The molecule has 0 unspecified atom stereocenters. The quantitative estimate of drug-likeness (QED) is 0.716. The minimum absolute atomic E-state index is 0.178. The van der Waals surface area contributed by atoms with Crippen LogP contribution in [0.25, 0.3) is 0 Å². The summed E-state index contributed by atoms with van der Waals surface area (Å²) in [6.45, 7) is 10.1. The van der Waals surface area contributed by atoms with Crippen LogP contribution in [0.4, 0.5) is 0 Å². The van der Waals surface area contributed by atoms with Gasteiger partial charge in [-0.25, -0.2) is 0 Å². The van der Waals surface area contributed by atoms with Gasteiger partial charge in [0.2, 0.25) is 11.8 Å². The van der Waals surface area contributed by atoms with E-state index in [-0.39, 0.29) is 11.8 Å². The minimum atomic E-state index is 0.178. The van der Waals surface area contributed by atoms with E-state index in [1.54, 1.807) is 0 Å². The molecule has 24 heavy (non-hydrogen) atoms. The smallest absolute Gasteiger partial charge is 0.236 e. The summed E-state index contributed by atoms with van der Waals surface area (Å²) in [7, 11) is 0. The van der Waals surface area contributed by atoms with E-state index in [0.717, 1.165) is 77.8 Å². The molecule has 2 rings (SSSR count). The fourth-order valence-corrected chi connectivity index (χ4v) is 3.90. The van der Waals surface area contributed by atoms with Gasteiger partial charge in [-0.3, -0.25) is 14.5 Å². The van der Waals surface area contributed by atoms with Crippen LogP contribution in [-0.2, 0) is 9.59 Å². The van der Waals surface area contributed by atoms with E-state index in [1.165, 1.54) is 6.42 Å². The van der Waals surface area contributed by atoms with Crippen LogP contribution in [0.3, 0.4) is 0 Å². The number of nitrogens with zero attached hydrogens (tertiary/aromatic N) is 3. The Morgan fingerprint density at radius 1 is 0.917 bits per heavy atom. The molecule has 2 fully saturated rings. The lowest BCUT2D eigenvalue weighted by Gasteiger charge is -2.36. The van der Waals surface area contributed by atoms with Crippen LogP contribution in [0, 0.1) is 5.92 Å². The van der Waals surface area contributed by atoms with Crippen LogP contribution in [-0.4, -0.2) is 72.3 Å². The molecule has 2 heterocycles. The molecule has 0 N–H and O–H groups in total. The lowest BCUT2D eigenvalue weighted by atomic mass is 9.94. The molecule has 0 radical (unpaired) electrons. The SMILES string of the molecule is CCCN(CCC)C(=O)CN1CCC(C(=O)N2CCCCC2)CC1. The molecule has 0 bridgehead atoms. The molecule has 2 aliphatic rings. The second-order valence-electron chi connectivity index (χ2n) is 7.32. The van der Waals surface area contributed by atoms with Gasteiger partial charge < -0.3 is 9.80 Å². The number of hydrogen-bond acceptors (Lipinski definition) is 3. The van der Waals surface area contributed by atoms with Crippen molar-refractivity contribution in [2.24, 2.45) is 5.92 Å². The normalized spacial score (nSPS) is 20.2. The van der Waals surface area contributed by atoms with Gasteiger partial charge >= 0.3 is 0 Å². The Bertz CT molecular complexity index is 393. The summed E-state index contributed by atoms with van der Waals surface area (Å²) in [5.74, 6) is 0.788. The fraction of sp³-hybridized carbons (Fsp3) is 0.895. The zero-order chi connectivity index (χ0) is 17.4. The first-order chi connectivity index (χ1) is 11.7. The second kappa shape index (κ2) is 10.0. The molecule has 0 aromatic carbocycles. The molecule has 5 nitrogen and oxygen atoms in total. The molecular formula is C19H35N3O2. The predicted octanol–water partition coefficient (Wildman–Crippen LogP) is 2.36. The summed E-state index contributed by atoms with van der Waals surface area (Å²) < 4.78 is 0. The molecule has 2 aliphatic heterocycles. The maximum atomic E-state index is 12.6. The Kier molecular flexibility index (Phi) is 8.03. The van der Waals surface area contributed by atoms with E-state index >= 15 is 0 Å². The molecular weight excluding hydrogens is 302 g/mol. The molecule has 5 heteroatoms. The minimum Gasteiger partial charge on any atom is -0.342 e. The van der Waals surface area contributed by atoms with Gasteiger partial charge in [0.05, 0.1) is 6.54 Å². The van der Waals surface area contributed by atoms with Gasteiger partial charge in [-0.2, -0.15) is 0 Å². The Morgan fingerprint density at radius 2 is 1.50 bits per heavy atom. The molecule has 0 aromatic heterocycles. The van der Waals surface area contributed by atoms with Crippen LogP contribution >= 0.6 is 0 Å². The summed E-state index contributed by atoms with van der Waals surface area (Å²) in [5, 5.41) is 0. The number of rotatable bonds is 7. The number of carbonyl (C=O) groups excluding carboxylic acids is 2. The number of carbonyl (C=O) groups is 2. The first-order valence-electron chi connectivity index (χ1n) is 9.94. The summed E-state index contributed by atoms with van der Waals surface area (Å²) in [6.07, 6.45) is 7.41. The summed E-state index contributed by atoms with van der Waals surface area (Å²) in [4.78, 5) is 31.4. The van der Waals surface area contributed by atoms with Gasteiger partial charge in [-0.15, -0.1) is 0 Å². The van der Waals surface area contributed by atoms with Crippen LogP contribution in [0.1, 0.15) is 58.8 Å². The molecule has 0 atom stereocenters. The maximum Gasteiger partial charge on any atom is 0.236 e. The van der Waals surface area contributed by atoms with Crippen molar-refractivity contribution in [3.05, 3.63) is 0 Å².